The number of carbonyl (C=O) groups is 1. The number of rotatable bonds is 6. The van der Waals surface area contributed by atoms with E-state index in [-0.39, 0.29) is 35.4 Å². The van der Waals surface area contributed by atoms with E-state index in [1.54, 1.807) is 27.8 Å². The van der Waals surface area contributed by atoms with E-state index in [1.807, 2.05) is 32.6 Å². The van der Waals surface area contributed by atoms with Crippen LogP contribution in [0.3, 0.4) is 0 Å². The average molecular weight is 599 g/mol. The first-order valence-electron chi connectivity index (χ1n) is 13.8. The lowest BCUT2D eigenvalue weighted by Gasteiger charge is -2.40. The van der Waals surface area contributed by atoms with Crippen molar-refractivity contribution in [2.75, 3.05) is 24.5 Å². The molecule has 0 unspecified atom stereocenters. The minimum atomic E-state index is -3.01. The fourth-order valence-corrected chi connectivity index (χ4v) is 5.17. The van der Waals surface area contributed by atoms with Crippen LogP contribution >= 0.6 is 0 Å². The summed E-state index contributed by atoms with van der Waals surface area (Å²) in [7, 11) is 1.53. The van der Waals surface area contributed by atoms with E-state index in [4.69, 9.17) is 4.74 Å². The number of nitrogens with zero attached hydrogens (tertiary/aromatic N) is 6. The van der Waals surface area contributed by atoms with Gasteiger partial charge in [-0.25, -0.2) is 19.2 Å². The van der Waals surface area contributed by atoms with E-state index in [9.17, 15) is 18.4 Å². The van der Waals surface area contributed by atoms with Gasteiger partial charge in [0.05, 0.1) is 17.4 Å². The third-order valence-corrected chi connectivity index (χ3v) is 7.25. The number of fused-ring (bicyclic) bond motifs is 1. The highest BCUT2D eigenvalue weighted by Gasteiger charge is 2.31. The SMILES string of the molecule is C[C@@H]1CN(c2ncc(-c3cc4c(cc3F)c(=O)n(C)n4Cc3ccccc3OC(F)F)cn2)CCN1C(=O)OC(C)(C)C. The normalized spacial score (nSPS) is 15.8. The highest BCUT2D eigenvalue weighted by Crippen LogP contribution is 2.29. The molecule has 1 amide bonds. The predicted molar refractivity (Wildman–Crippen MR) is 155 cm³/mol. The van der Waals surface area contributed by atoms with Crippen LogP contribution in [0, 0.1) is 5.82 Å². The molecule has 1 saturated heterocycles. The van der Waals surface area contributed by atoms with Crippen molar-refractivity contribution >= 4 is 22.9 Å². The number of carbonyl (C=O) groups excluding carboxylic acids is 1. The molecule has 5 rings (SSSR count). The second-order valence-electron chi connectivity index (χ2n) is 11.5. The van der Waals surface area contributed by atoms with E-state index >= 15 is 4.39 Å². The van der Waals surface area contributed by atoms with Crippen LogP contribution in [0.5, 0.6) is 5.75 Å². The summed E-state index contributed by atoms with van der Waals surface area (Å²) in [6.45, 7) is 5.84. The quantitative estimate of drug-likeness (QED) is 0.307. The fourth-order valence-electron chi connectivity index (χ4n) is 5.17. The Morgan fingerprint density at radius 1 is 1.12 bits per heavy atom. The molecule has 0 N–H and O–H groups in total. The van der Waals surface area contributed by atoms with Crippen molar-refractivity contribution in [3.63, 3.8) is 0 Å². The van der Waals surface area contributed by atoms with Crippen molar-refractivity contribution in [2.24, 2.45) is 7.05 Å². The van der Waals surface area contributed by atoms with Crippen LogP contribution in [0.4, 0.5) is 23.9 Å². The van der Waals surface area contributed by atoms with Crippen molar-refractivity contribution in [3.05, 3.63) is 70.5 Å². The van der Waals surface area contributed by atoms with Crippen LogP contribution in [0.1, 0.15) is 33.3 Å². The van der Waals surface area contributed by atoms with Crippen LogP contribution in [0.2, 0.25) is 0 Å². The number of piperazine rings is 1. The summed E-state index contributed by atoms with van der Waals surface area (Å²) >= 11 is 0. The van der Waals surface area contributed by atoms with Crippen molar-refractivity contribution in [3.8, 4) is 16.9 Å². The van der Waals surface area contributed by atoms with Gasteiger partial charge in [-0.2, -0.15) is 8.78 Å². The standard InChI is InChI=1S/C30H33F3N6O4/c1-18-16-37(10-11-38(18)29(41)43-30(2,3)4)28-34-14-20(15-35-28)21-13-24-22(12-23(21)31)26(40)36(5)39(24)17-19-8-6-7-9-25(19)42-27(32)33/h6-9,12-15,18,27H,10-11,16-17H2,1-5H3/t18-/m1/s1. The smallest absolute Gasteiger partial charge is 0.410 e. The molecule has 0 saturated carbocycles. The fraction of sp³-hybridized carbons (Fsp3) is 0.400. The Balaban J connectivity index is 1.40. The number of aromatic nitrogens is 4. The Kier molecular flexibility index (Phi) is 8.08. The molecule has 0 bridgehead atoms. The summed E-state index contributed by atoms with van der Waals surface area (Å²) in [6.07, 6.45) is 2.65. The number of anilines is 1. The first-order chi connectivity index (χ1) is 20.3. The lowest BCUT2D eigenvalue weighted by molar-refractivity contribution is -0.0505. The van der Waals surface area contributed by atoms with Gasteiger partial charge in [0.15, 0.2) is 0 Å². The third kappa shape index (κ3) is 6.30. The number of para-hydroxylation sites is 1. The molecule has 3 heterocycles. The van der Waals surface area contributed by atoms with Crippen LogP contribution in [0.15, 0.2) is 53.6 Å². The number of benzene rings is 2. The maximum atomic E-state index is 15.3. The van der Waals surface area contributed by atoms with Gasteiger partial charge in [0, 0.05) is 61.8 Å². The molecule has 0 spiro atoms. The van der Waals surface area contributed by atoms with Gasteiger partial charge >= 0.3 is 12.7 Å². The lowest BCUT2D eigenvalue weighted by atomic mass is 10.1. The van der Waals surface area contributed by atoms with Gasteiger partial charge in [-0.3, -0.25) is 14.2 Å². The number of alkyl halides is 2. The monoisotopic (exact) mass is 598 g/mol. The van der Waals surface area contributed by atoms with Crippen molar-refractivity contribution < 1.29 is 27.4 Å². The number of ether oxygens (including phenoxy) is 2. The molecule has 0 aliphatic carbocycles. The summed E-state index contributed by atoms with van der Waals surface area (Å²) < 4.78 is 54.3. The molecule has 228 valence electrons. The molecule has 4 aromatic rings. The largest absolute Gasteiger partial charge is 0.444 e. The molecule has 1 aliphatic heterocycles. The van der Waals surface area contributed by atoms with Gasteiger partial charge in [0.2, 0.25) is 5.95 Å². The van der Waals surface area contributed by atoms with Crippen LogP contribution in [-0.2, 0) is 18.3 Å². The topological polar surface area (TPSA) is 94.7 Å². The first-order valence-corrected chi connectivity index (χ1v) is 13.8. The molecule has 2 aromatic heterocycles. The summed E-state index contributed by atoms with van der Waals surface area (Å²) in [6, 6.07) is 8.86. The Morgan fingerprint density at radius 2 is 1.81 bits per heavy atom. The van der Waals surface area contributed by atoms with E-state index in [0.717, 1.165) is 6.07 Å². The average Bonchev–Trinajstić information content (AvgIpc) is 3.16. The van der Waals surface area contributed by atoms with Crippen LogP contribution in [-0.4, -0.2) is 68.2 Å². The van der Waals surface area contributed by atoms with Gasteiger partial charge in [-0.15, -0.1) is 0 Å². The Hall–Kier alpha value is -4.55. The van der Waals surface area contributed by atoms with Gasteiger partial charge < -0.3 is 19.3 Å². The molecular weight excluding hydrogens is 565 g/mol. The van der Waals surface area contributed by atoms with Crippen molar-refractivity contribution in [1.82, 2.24) is 24.2 Å². The van der Waals surface area contributed by atoms with E-state index < -0.39 is 23.6 Å². The second kappa shape index (κ2) is 11.6. The number of hydrogen-bond donors (Lipinski definition) is 0. The second-order valence-corrected chi connectivity index (χ2v) is 11.5. The molecule has 0 radical (unpaired) electrons. The van der Waals surface area contributed by atoms with Gasteiger partial charge in [0.25, 0.3) is 5.56 Å². The molecule has 1 atom stereocenters. The highest BCUT2D eigenvalue weighted by atomic mass is 19.3. The number of hydrogen-bond acceptors (Lipinski definition) is 7. The Bertz CT molecular complexity index is 1700. The van der Waals surface area contributed by atoms with E-state index in [1.165, 1.54) is 36.3 Å². The van der Waals surface area contributed by atoms with E-state index in [0.29, 0.717) is 42.2 Å². The minimum Gasteiger partial charge on any atom is -0.444 e. The van der Waals surface area contributed by atoms with Crippen molar-refractivity contribution in [1.29, 1.82) is 0 Å². The summed E-state index contributed by atoms with van der Waals surface area (Å²) in [5.41, 5.74) is 0.388. The maximum absolute atomic E-state index is 15.3. The Morgan fingerprint density at radius 3 is 2.47 bits per heavy atom. The lowest BCUT2D eigenvalue weighted by Crippen LogP contribution is -2.55. The van der Waals surface area contributed by atoms with Crippen LogP contribution < -0.4 is 15.2 Å². The molecule has 2 aromatic carbocycles. The molecule has 1 fully saturated rings. The zero-order valence-corrected chi connectivity index (χ0v) is 24.6. The minimum absolute atomic E-state index is 0.0145. The van der Waals surface area contributed by atoms with Crippen LogP contribution in [0.25, 0.3) is 22.0 Å². The van der Waals surface area contributed by atoms with E-state index in [2.05, 4.69) is 14.7 Å². The summed E-state index contributed by atoms with van der Waals surface area (Å²) in [5, 5.41) is 0.144. The van der Waals surface area contributed by atoms with Crippen molar-refractivity contribution in [2.45, 2.75) is 52.5 Å². The maximum Gasteiger partial charge on any atom is 0.410 e. The molecule has 10 nitrogen and oxygen atoms in total. The summed E-state index contributed by atoms with van der Waals surface area (Å²) in [4.78, 5) is 38.1. The first kappa shape index (κ1) is 29.9. The third-order valence-electron chi connectivity index (χ3n) is 7.25. The molecule has 13 heteroatoms. The zero-order chi connectivity index (χ0) is 31.1. The highest BCUT2D eigenvalue weighted by molar-refractivity contribution is 5.85. The zero-order valence-electron chi connectivity index (χ0n) is 24.6. The molecule has 43 heavy (non-hydrogen) atoms. The predicted octanol–water partition coefficient (Wildman–Crippen LogP) is 5.03. The molecular formula is C30H33F3N6O4. The number of amides is 1. The Labute approximate surface area is 246 Å². The van der Waals surface area contributed by atoms with Gasteiger partial charge in [0.1, 0.15) is 17.2 Å². The number of halogens is 3. The van der Waals surface area contributed by atoms with Gasteiger partial charge in [-0.1, -0.05) is 18.2 Å². The van der Waals surface area contributed by atoms with Gasteiger partial charge in [-0.05, 0) is 45.9 Å². The molecule has 1 aliphatic rings. The summed E-state index contributed by atoms with van der Waals surface area (Å²) in [5.74, 6) is -0.202.